The molecular weight excluding hydrogens is 211 g/mol. The van der Waals surface area contributed by atoms with Gasteiger partial charge in [0.1, 0.15) is 0 Å². The van der Waals surface area contributed by atoms with Crippen LogP contribution in [0.4, 0.5) is 0 Å². The molecule has 4 heteroatoms. The Hall–Kier alpha value is 1.55. The zero-order chi connectivity index (χ0) is 5.28. The molecule has 0 bridgehead atoms. The minimum absolute atomic E-state index is 0.836. The van der Waals surface area contributed by atoms with E-state index < -0.39 is 11.4 Å². The van der Waals surface area contributed by atoms with E-state index in [2.05, 4.69) is 6.92 Å². The van der Waals surface area contributed by atoms with Crippen molar-refractivity contribution in [2.45, 2.75) is 12.2 Å². The summed E-state index contributed by atoms with van der Waals surface area (Å²) in [4.78, 5) is 0. The molecule has 0 aromatic rings. The Labute approximate surface area is 59.1 Å². The second kappa shape index (κ2) is 2.91. The molecule has 0 N–H and O–H groups in total. The molecule has 0 spiro atoms. The van der Waals surface area contributed by atoms with Crippen molar-refractivity contribution in [3.63, 3.8) is 0 Å². The van der Waals surface area contributed by atoms with Gasteiger partial charge >= 0.3 is 59.3 Å². The van der Waals surface area contributed by atoms with E-state index in [0.717, 1.165) is 5.25 Å². The quantitative estimate of drug-likeness (QED) is 0.569. The molecule has 1 aliphatic heterocycles. The van der Waals surface area contributed by atoms with Gasteiger partial charge < -0.3 is 0 Å². The average molecular weight is 217 g/mol. The van der Waals surface area contributed by atoms with Crippen LogP contribution in [0.3, 0.4) is 0 Å². The predicted octanol–water partition coefficient (Wildman–Crippen LogP) is 2.08. The molecular formula is C3H6AsClS2. The molecule has 0 aromatic carbocycles. The van der Waals surface area contributed by atoms with Crippen LogP contribution in [-0.4, -0.2) is 22.4 Å². The second-order valence-corrected chi connectivity index (χ2v) is 15.7. The second-order valence-electron chi connectivity index (χ2n) is 1.42. The van der Waals surface area contributed by atoms with Crippen LogP contribution in [0.2, 0.25) is 0 Å². The molecule has 2 unspecified atom stereocenters. The Morgan fingerprint density at radius 3 is 2.71 bits per heavy atom. The zero-order valence-corrected chi connectivity index (χ0v) is 8.19. The number of hydrogen-bond donors (Lipinski definition) is 0. The molecule has 0 amide bonds. The molecule has 0 radical (unpaired) electrons. The average Bonchev–Trinajstić information content (AvgIpc) is 1.87. The molecule has 1 fully saturated rings. The first-order valence-corrected chi connectivity index (χ1v) is 10.9. The summed E-state index contributed by atoms with van der Waals surface area (Å²) >= 11 is -0.858. The standard InChI is InChI=1S/C3H6AsClS2/c1-3-2-6-4(5)7-3/h3H,2H2,1H3. The summed E-state index contributed by atoms with van der Waals surface area (Å²) in [5.41, 5.74) is 0. The van der Waals surface area contributed by atoms with Crippen LogP contribution in [-0.2, 0) is 0 Å². The van der Waals surface area contributed by atoms with E-state index in [1.165, 1.54) is 5.75 Å². The molecule has 1 heterocycles. The van der Waals surface area contributed by atoms with Gasteiger partial charge in [-0.15, -0.1) is 0 Å². The molecule has 0 nitrogen and oxygen atoms in total. The van der Waals surface area contributed by atoms with Crippen molar-refractivity contribution < 1.29 is 0 Å². The van der Waals surface area contributed by atoms with Crippen LogP contribution in [0.5, 0.6) is 0 Å². The fourth-order valence-electron chi connectivity index (χ4n) is 0.366. The van der Waals surface area contributed by atoms with Crippen LogP contribution < -0.4 is 0 Å². The Kier molecular flexibility index (Phi) is 2.77. The summed E-state index contributed by atoms with van der Waals surface area (Å²) in [6.07, 6.45) is 0. The fraction of sp³-hybridized carbons (Fsp3) is 1.00. The first kappa shape index (κ1) is 6.67. The van der Waals surface area contributed by atoms with E-state index in [0.29, 0.717) is 0 Å². The van der Waals surface area contributed by atoms with Crippen molar-refractivity contribution in [3.8, 4) is 0 Å². The fourth-order valence-corrected chi connectivity index (χ4v) is 14.8. The molecule has 0 aromatic heterocycles. The number of rotatable bonds is 0. The molecule has 1 saturated heterocycles. The first-order chi connectivity index (χ1) is 3.29. The molecule has 7 heavy (non-hydrogen) atoms. The first-order valence-electron chi connectivity index (χ1n) is 2.04. The maximum absolute atomic E-state index is 5.88. The van der Waals surface area contributed by atoms with Gasteiger partial charge in [-0.05, 0) is 0 Å². The van der Waals surface area contributed by atoms with E-state index in [4.69, 9.17) is 9.95 Å². The third-order valence-corrected chi connectivity index (χ3v) is 13.7. The number of hydrogen-bond acceptors (Lipinski definition) is 2. The summed E-state index contributed by atoms with van der Waals surface area (Å²) in [5, 5.41) is 0.836. The Morgan fingerprint density at radius 1 is 1.86 bits per heavy atom. The molecule has 1 aliphatic rings. The molecule has 42 valence electrons. The predicted molar refractivity (Wildman–Crippen MR) is 41.1 cm³/mol. The van der Waals surface area contributed by atoms with E-state index in [1.54, 1.807) is 0 Å². The molecule has 0 aliphatic carbocycles. The summed E-state index contributed by atoms with van der Waals surface area (Å²) in [6.45, 7) is 2.24. The van der Waals surface area contributed by atoms with Crippen LogP contribution >= 0.6 is 30.0 Å². The summed E-state index contributed by atoms with van der Waals surface area (Å²) in [5.74, 6) is 1.29. The van der Waals surface area contributed by atoms with Gasteiger partial charge in [0.25, 0.3) is 0 Å². The van der Waals surface area contributed by atoms with Gasteiger partial charge in [0.15, 0.2) is 0 Å². The van der Waals surface area contributed by atoms with Crippen molar-refractivity contribution in [1.82, 2.24) is 0 Å². The Morgan fingerprint density at radius 2 is 2.57 bits per heavy atom. The number of halogens is 1. The van der Waals surface area contributed by atoms with Gasteiger partial charge in [-0.1, -0.05) is 0 Å². The van der Waals surface area contributed by atoms with Gasteiger partial charge in [0, 0.05) is 0 Å². The van der Waals surface area contributed by atoms with Gasteiger partial charge in [0.2, 0.25) is 0 Å². The van der Waals surface area contributed by atoms with Crippen molar-refractivity contribution in [2.75, 3.05) is 5.75 Å². The van der Waals surface area contributed by atoms with Crippen molar-refractivity contribution in [2.24, 2.45) is 0 Å². The molecule has 2 atom stereocenters. The molecule has 0 saturated carbocycles. The van der Waals surface area contributed by atoms with Crippen LogP contribution in [0.15, 0.2) is 0 Å². The van der Waals surface area contributed by atoms with Crippen LogP contribution in [0.25, 0.3) is 0 Å². The van der Waals surface area contributed by atoms with Gasteiger partial charge in [-0.25, -0.2) is 0 Å². The van der Waals surface area contributed by atoms with Crippen molar-refractivity contribution >= 4 is 41.4 Å². The van der Waals surface area contributed by atoms with Gasteiger partial charge in [-0.3, -0.25) is 0 Å². The molecule has 1 rings (SSSR count). The topological polar surface area (TPSA) is 0 Å². The monoisotopic (exact) mass is 216 g/mol. The Balaban J connectivity index is 2.26. The van der Waals surface area contributed by atoms with E-state index in [-0.39, 0.29) is 0 Å². The Bertz CT molecular complexity index is 62.0. The van der Waals surface area contributed by atoms with E-state index in [9.17, 15) is 0 Å². The van der Waals surface area contributed by atoms with Crippen molar-refractivity contribution in [1.29, 1.82) is 0 Å². The van der Waals surface area contributed by atoms with E-state index in [1.807, 2.05) is 20.0 Å². The van der Waals surface area contributed by atoms with E-state index >= 15 is 0 Å². The van der Waals surface area contributed by atoms with Crippen LogP contribution in [0.1, 0.15) is 6.92 Å². The van der Waals surface area contributed by atoms with Gasteiger partial charge in [-0.2, -0.15) is 0 Å². The SMILES string of the molecule is CC1CS[As](Cl)S1. The third kappa shape index (κ3) is 2.09. The zero-order valence-electron chi connectivity index (χ0n) is 3.93. The summed E-state index contributed by atoms with van der Waals surface area (Å²) < 4.78 is 0. The van der Waals surface area contributed by atoms with Crippen LogP contribution in [0, 0.1) is 0 Å². The minimum atomic E-state index is -0.858. The summed E-state index contributed by atoms with van der Waals surface area (Å²) in [6, 6.07) is 0. The normalized spacial score (nSPS) is 42.0. The maximum atomic E-state index is 5.88. The summed E-state index contributed by atoms with van der Waals surface area (Å²) in [7, 11) is 9.85. The van der Waals surface area contributed by atoms with Crippen molar-refractivity contribution in [3.05, 3.63) is 0 Å². The third-order valence-electron chi connectivity index (χ3n) is 0.674. The van der Waals surface area contributed by atoms with Gasteiger partial charge in [0.05, 0.1) is 0 Å².